The topological polar surface area (TPSA) is 80.3 Å². The standard InChI is InChI=1S/C28H60N.H2O4S/c1-5-9-13-17-21-25-29(26-22-18-14-10-6-2,27-23-19-15-11-7-3)28-24-20-16-12-8-4;1-5(2,3)4/h5-28H2,1-4H3;(H2,1,2,3,4)/q+1;/p-1. The molecule has 0 atom stereocenters. The molecule has 0 spiro atoms. The van der Waals surface area contributed by atoms with E-state index in [1.807, 2.05) is 0 Å². The third-order valence-electron chi connectivity index (χ3n) is 6.94. The van der Waals surface area contributed by atoms with Crippen molar-refractivity contribution in [2.75, 3.05) is 26.2 Å². The van der Waals surface area contributed by atoms with Gasteiger partial charge in [0.15, 0.2) is 0 Å². The summed E-state index contributed by atoms with van der Waals surface area (Å²) in [7, 11) is -5.17. The zero-order valence-electron chi connectivity index (χ0n) is 24.5. The molecular formula is C28H61NO4S. The summed E-state index contributed by atoms with van der Waals surface area (Å²) in [5, 5.41) is 0. The van der Waals surface area contributed by atoms with E-state index in [2.05, 4.69) is 27.7 Å². The summed E-state index contributed by atoms with van der Waals surface area (Å²) in [6.45, 7) is 15.2. The van der Waals surface area contributed by atoms with Gasteiger partial charge in [-0.2, -0.15) is 0 Å². The summed E-state index contributed by atoms with van der Waals surface area (Å²) in [5.74, 6) is 0. The molecule has 0 radical (unpaired) electrons. The van der Waals surface area contributed by atoms with Crippen LogP contribution >= 0.6 is 0 Å². The highest BCUT2D eigenvalue weighted by atomic mass is 32.3. The molecule has 0 fully saturated rings. The van der Waals surface area contributed by atoms with Crippen LogP contribution in [0.2, 0.25) is 0 Å². The molecule has 0 aliphatic rings. The van der Waals surface area contributed by atoms with Gasteiger partial charge < -0.3 is 13.6 Å². The van der Waals surface area contributed by atoms with Crippen molar-refractivity contribution in [1.29, 1.82) is 0 Å². The molecule has 208 valence electrons. The summed E-state index contributed by atoms with van der Waals surface area (Å²) in [6.07, 6.45) is 28.8. The number of hydrogen-bond donors (Lipinski definition) is 0. The Kier molecular flexibility index (Phi) is 27.4. The number of rotatable bonds is 24. The Labute approximate surface area is 216 Å². The van der Waals surface area contributed by atoms with Crippen molar-refractivity contribution in [3.63, 3.8) is 0 Å². The molecule has 34 heavy (non-hydrogen) atoms. The highest BCUT2D eigenvalue weighted by molar-refractivity contribution is 7.79. The zero-order valence-corrected chi connectivity index (χ0v) is 24.3. The fraction of sp³-hybridized carbons (Fsp3) is 1.00. The van der Waals surface area contributed by atoms with Crippen LogP contribution in [0, 0.1) is 0 Å². The molecule has 0 rings (SSSR count). The minimum absolute atomic E-state index is 0. The van der Waals surface area contributed by atoms with E-state index in [1.165, 1.54) is 159 Å². The molecule has 0 aliphatic carbocycles. The first kappa shape index (κ1) is 36.0. The molecule has 0 heterocycles. The van der Waals surface area contributed by atoms with E-state index >= 15 is 0 Å². The molecule has 0 N–H and O–H groups in total. The maximum Gasteiger partial charge on any atom is 1.00 e. The lowest BCUT2D eigenvalue weighted by Gasteiger charge is -2.39. The van der Waals surface area contributed by atoms with E-state index in [4.69, 9.17) is 17.5 Å². The van der Waals surface area contributed by atoms with Crippen molar-refractivity contribution in [2.24, 2.45) is 0 Å². The zero-order chi connectivity index (χ0) is 26.0. The summed E-state index contributed by atoms with van der Waals surface area (Å²) in [6, 6.07) is 0. The second-order valence-corrected chi connectivity index (χ2v) is 11.1. The first-order valence-corrected chi connectivity index (χ1v) is 16.1. The predicted octanol–water partition coefficient (Wildman–Crippen LogP) is 8.46. The Morgan fingerprint density at radius 1 is 0.441 bits per heavy atom. The molecule has 0 saturated heterocycles. The van der Waals surface area contributed by atoms with Crippen LogP contribution in [0.25, 0.3) is 0 Å². The summed E-state index contributed by atoms with van der Waals surface area (Å²) < 4.78 is 35.6. The Balaban J connectivity index is -0.00000154. The number of quaternary nitrogens is 1. The third-order valence-corrected chi connectivity index (χ3v) is 6.94. The Morgan fingerprint density at radius 3 is 0.794 bits per heavy atom. The maximum absolute atomic E-state index is 8.52. The largest absolute Gasteiger partial charge is 1.00 e. The number of nitrogens with zero attached hydrogens (tertiary/aromatic N) is 1. The van der Waals surface area contributed by atoms with Crippen molar-refractivity contribution in [3.8, 4) is 0 Å². The SMILES string of the molecule is CCCCCCC[N+](CCCCCCC)(CCCCCCC)CCCCCCC.O=S(=O)([O-])[O-].[H+]. The van der Waals surface area contributed by atoms with E-state index in [0.717, 1.165) is 0 Å². The normalized spacial score (nSPS) is 11.9. The molecule has 0 aromatic carbocycles. The van der Waals surface area contributed by atoms with E-state index in [-0.39, 0.29) is 1.43 Å². The predicted molar refractivity (Wildman–Crippen MR) is 146 cm³/mol. The van der Waals surface area contributed by atoms with Gasteiger partial charge in [-0.25, -0.2) is 0 Å². The van der Waals surface area contributed by atoms with Crippen molar-refractivity contribution < 1.29 is 23.4 Å². The van der Waals surface area contributed by atoms with Crippen molar-refractivity contribution >= 4 is 10.4 Å². The Hall–Kier alpha value is -0.170. The van der Waals surface area contributed by atoms with Gasteiger partial charge >= 0.3 is 1.43 Å². The van der Waals surface area contributed by atoms with Gasteiger partial charge in [0.05, 0.1) is 26.2 Å². The lowest BCUT2D eigenvalue weighted by Crippen LogP contribution is -2.50. The van der Waals surface area contributed by atoms with Crippen LogP contribution in [0.5, 0.6) is 0 Å². The van der Waals surface area contributed by atoms with Gasteiger partial charge in [-0.1, -0.05) is 105 Å². The molecule has 0 unspecified atom stereocenters. The highest BCUT2D eigenvalue weighted by Crippen LogP contribution is 2.20. The average molecular weight is 508 g/mol. The molecule has 0 aliphatic heterocycles. The quantitative estimate of drug-likeness (QED) is 0.0568. The van der Waals surface area contributed by atoms with Crippen LogP contribution in [0.4, 0.5) is 0 Å². The highest BCUT2D eigenvalue weighted by Gasteiger charge is 2.25. The van der Waals surface area contributed by atoms with E-state index in [0.29, 0.717) is 0 Å². The number of unbranched alkanes of at least 4 members (excludes halogenated alkanes) is 16. The van der Waals surface area contributed by atoms with E-state index in [1.54, 1.807) is 0 Å². The Morgan fingerprint density at radius 2 is 0.618 bits per heavy atom. The van der Waals surface area contributed by atoms with E-state index < -0.39 is 10.4 Å². The van der Waals surface area contributed by atoms with Crippen LogP contribution in [-0.2, 0) is 10.4 Å². The van der Waals surface area contributed by atoms with Crippen LogP contribution in [0.1, 0.15) is 158 Å². The molecule has 0 aromatic heterocycles. The maximum atomic E-state index is 8.52. The van der Waals surface area contributed by atoms with Crippen LogP contribution in [-0.4, -0.2) is 48.2 Å². The lowest BCUT2D eigenvalue weighted by atomic mass is 10.1. The van der Waals surface area contributed by atoms with Gasteiger partial charge in [-0.3, -0.25) is 8.42 Å². The van der Waals surface area contributed by atoms with Gasteiger partial charge in [0.25, 0.3) is 0 Å². The minimum Gasteiger partial charge on any atom is -0.759 e. The monoisotopic (exact) mass is 507 g/mol. The molecule has 5 nitrogen and oxygen atoms in total. The fourth-order valence-corrected chi connectivity index (χ4v) is 4.87. The Bertz CT molecular complexity index is 434. The van der Waals surface area contributed by atoms with Crippen molar-refractivity contribution in [1.82, 2.24) is 0 Å². The van der Waals surface area contributed by atoms with E-state index in [9.17, 15) is 0 Å². The van der Waals surface area contributed by atoms with Crippen LogP contribution in [0.3, 0.4) is 0 Å². The first-order chi connectivity index (χ1) is 16.2. The summed E-state index contributed by atoms with van der Waals surface area (Å²) >= 11 is 0. The van der Waals surface area contributed by atoms with Crippen molar-refractivity contribution in [2.45, 2.75) is 156 Å². The van der Waals surface area contributed by atoms with Gasteiger partial charge in [0.2, 0.25) is 0 Å². The molecule has 0 amide bonds. The molecular weight excluding hydrogens is 446 g/mol. The van der Waals surface area contributed by atoms with Crippen LogP contribution < -0.4 is 0 Å². The average Bonchev–Trinajstić information content (AvgIpc) is 2.77. The summed E-state index contributed by atoms with van der Waals surface area (Å²) in [4.78, 5) is 0. The van der Waals surface area contributed by atoms with Crippen molar-refractivity contribution in [3.05, 3.63) is 0 Å². The number of hydrogen-bond acceptors (Lipinski definition) is 4. The lowest BCUT2D eigenvalue weighted by molar-refractivity contribution is -0.929. The molecule has 0 aromatic rings. The third kappa shape index (κ3) is 29.9. The fourth-order valence-electron chi connectivity index (χ4n) is 4.87. The molecule has 0 bridgehead atoms. The second kappa shape index (κ2) is 25.9. The van der Waals surface area contributed by atoms with Gasteiger partial charge in [-0.15, -0.1) is 0 Å². The first-order valence-electron chi connectivity index (χ1n) is 14.8. The van der Waals surface area contributed by atoms with Gasteiger partial charge in [0.1, 0.15) is 0 Å². The molecule has 6 heteroatoms. The summed E-state index contributed by atoms with van der Waals surface area (Å²) in [5.41, 5.74) is 0. The smallest absolute Gasteiger partial charge is 0.759 e. The molecule has 0 saturated carbocycles. The van der Waals surface area contributed by atoms with Gasteiger partial charge in [-0.05, 0) is 51.4 Å². The van der Waals surface area contributed by atoms with Gasteiger partial charge in [0, 0.05) is 10.4 Å². The second-order valence-electron chi connectivity index (χ2n) is 10.3. The minimum atomic E-state index is -5.17. The van der Waals surface area contributed by atoms with Crippen LogP contribution in [0.15, 0.2) is 0 Å².